The lowest BCUT2D eigenvalue weighted by molar-refractivity contribution is -0.136. The van der Waals surface area contributed by atoms with Gasteiger partial charge in [-0.25, -0.2) is 9.18 Å². The largest absolute Gasteiger partial charge is 0.454 e. The number of carbonyl (C=O) groups excluding carboxylic acids is 2. The van der Waals surface area contributed by atoms with Crippen LogP contribution in [-0.2, 0) is 9.53 Å². The lowest BCUT2D eigenvalue weighted by atomic mass is 10.1. The second kappa shape index (κ2) is 7.66. The van der Waals surface area contributed by atoms with Gasteiger partial charge in [0.2, 0.25) is 0 Å². The number of Topliss-reactive ketones (excluding diaryl/α,β-unsaturated/α-hetero) is 1. The minimum Gasteiger partial charge on any atom is -0.454 e. The summed E-state index contributed by atoms with van der Waals surface area (Å²) in [5, 5.41) is 0. The number of rotatable bonds is 5. The van der Waals surface area contributed by atoms with Gasteiger partial charge in [0, 0.05) is 21.7 Å². The van der Waals surface area contributed by atoms with Crippen molar-refractivity contribution in [1.82, 2.24) is 0 Å². The fourth-order valence-corrected chi connectivity index (χ4v) is 2.10. The van der Waals surface area contributed by atoms with Crippen LogP contribution in [0.3, 0.4) is 0 Å². The van der Waals surface area contributed by atoms with E-state index in [0.29, 0.717) is 5.56 Å². The highest BCUT2D eigenvalue weighted by atomic mass is 79.9. The van der Waals surface area contributed by atoms with Crippen molar-refractivity contribution in [3.63, 3.8) is 0 Å². The number of esters is 1. The molecule has 112 valence electrons. The predicted molar refractivity (Wildman–Crippen MR) is 84.9 cm³/mol. The molecule has 2 aromatic rings. The molecule has 0 unspecified atom stereocenters. The van der Waals surface area contributed by atoms with Crippen LogP contribution in [0.2, 0.25) is 0 Å². The zero-order valence-electron chi connectivity index (χ0n) is 11.5. The quantitative estimate of drug-likeness (QED) is 0.458. The molecule has 0 spiro atoms. The molecule has 0 aromatic heterocycles. The number of ketones is 1. The fourth-order valence-electron chi connectivity index (χ4n) is 1.70. The Bertz CT molecular complexity index is 725. The first-order valence-corrected chi connectivity index (χ1v) is 7.23. The Morgan fingerprint density at radius 1 is 1.14 bits per heavy atom. The van der Waals surface area contributed by atoms with E-state index in [1.807, 2.05) is 0 Å². The van der Waals surface area contributed by atoms with Crippen LogP contribution in [0.5, 0.6) is 0 Å². The van der Waals surface area contributed by atoms with E-state index in [4.69, 9.17) is 4.74 Å². The number of hydrogen-bond donors (Lipinski definition) is 0. The standard InChI is InChI=1S/C17H12BrFO3/c18-14-6-3-5-13(10-14)16(20)11-22-17(21)9-8-12-4-1-2-7-15(12)19/h1-10H,11H2/b9-8+. The molecule has 0 bridgehead atoms. The number of hydrogen-bond acceptors (Lipinski definition) is 3. The number of carbonyl (C=O) groups is 2. The Balaban J connectivity index is 1.90. The van der Waals surface area contributed by atoms with Crippen molar-refractivity contribution < 1.29 is 18.7 Å². The fraction of sp³-hybridized carbons (Fsp3) is 0.0588. The first-order chi connectivity index (χ1) is 10.6. The molecule has 5 heteroatoms. The number of ether oxygens (including phenoxy) is 1. The molecule has 0 N–H and O–H groups in total. The third-order valence-corrected chi connectivity index (χ3v) is 3.29. The van der Waals surface area contributed by atoms with Gasteiger partial charge in [0.1, 0.15) is 5.82 Å². The van der Waals surface area contributed by atoms with E-state index in [1.54, 1.807) is 36.4 Å². The SMILES string of the molecule is O=C(/C=C/c1ccccc1F)OCC(=O)c1cccc(Br)c1. The first-order valence-electron chi connectivity index (χ1n) is 6.44. The van der Waals surface area contributed by atoms with Crippen molar-refractivity contribution in [2.75, 3.05) is 6.61 Å². The predicted octanol–water partition coefficient (Wildman–Crippen LogP) is 4.03. The van der Waals surface area contributed by atoms with Gasteiger partial charge in [0.25, 0.3) is 0 Å². The number of benzene rings is 2. The van der Waals surface area contributed by atoms with E-state index in [-0.39, 0.29) is 18.0 Å². The molecule has 0 saturated heterocycles. The second-order valence-electron chi connectivity index (χ2n) is 4.40. The van der Waals surface area contributed by atoms with Gasteiger partial charge in [-0.15, -0.1) is 0 Å². The van der Waals surface area contributed by atoms with Crippen LogP contribution in [0.15, 0.2) is 59.1 Å². The lowest BCUT2D eigenvalue weighted by Gasteiger charge is -2.02. The van der Waals surface area contributed by atoms with E-state index in [9.17, 15) is 14.0 Å². The van der Waals surface area contributed by atoms with Gasteiger partial charge in [-0.05, 0) is 24.3 Å². The zero-order chi connectivity index (χ0) is 15.9. The minimum absolute atomic E-state index is 0.276. The molecule has 0 aliphatic heterocycles. The Labute approximate surface area is 135 Å². The second-order valence-corrected chi connectivity index (χ2v) is 5.31. The van der Waals surface area contributed by atoms with Crippen LogP contribution in [0, 0.1) is 5.82 Å². The maximum Gasteiger partial charge on any atom is 0.331 e. The molecule has 0 radical (unpaired) electrons. The van der Waals surface area contributed by atoms with Gasteiger partial charge in [-0.2, -0.15) is 0 Å². The van der Waals surface area contributed by atoms with Crippen molar-refractivity contribution in [1.29, 1.82) is 0 Å². The summed E-state index contributed by atoms with van der Waals surface area (Å²) in [5.74, 6) is -1.45. The molecule has 2 aromatic carbocycles. The van der Waals surface area contributed by atoms with Gasteiger partial charge in [-0.1, -0.05) is 46.3 Å². The van der Waals surface area contributed by atoms with Crippen LogP contribution < -0.4 is 0 Å². The number of halogens is 2. The summed E-state index contributed by atoms with van der Waals surface area (Å²) in [6.45, 7) is -0.364. The summed E-state index contributed by atoms with van der Waals surface area (Å²) >= 11 is 3.26. The Morgan fingerprint density at radius 2 is 1.91 bits per heavy atom. The van der Waals surface area contributed by atoms with Gasteiger partial charge in [0.15, 0.2) is 12.4 Å². The summed E-state index contributed by atoms with van der Waals surface area (Å²) in [7, 11) is 0. The molecule has 3 nitrogen and oxygen atoms in total. The molecule has 0 amide bonds. The van der Waals surface area contributed by atoms with E-state index in [0.717, 1.165) is 10.5 Å². The highest BCUT2D eigenvalue weighted by Crippen LogP contribution is 2.12. The van der Waals surface area contributed by atoms with Crippen LogP contribution >= 0.6 is 15.9 Å². The summed E-state index contributed by atoms with van der Waals surface area (Å²) in [5.41, 5.74) is 0.720. The average Bonchev–Trinajstić information content (AvgIpc) is 2.52. The highest BCUT2D eigenvalue weighted by Gasteiger charge is 2.08. The monoisotopic (exact) mass is 362 g/mol. The zero-order valence-corrected chi connectivity index (χ0v) is 13.0. The topological polar surface area (TPSA) is 43.4 Å². The summed E-state index contributed by atoms with van der Waals surface area (Å²) < 4.78 is 19.0. The van der Waals surface area contributed by atoms with Gasteiger partial charge < -0.3 is 4.74 Å². The smallest absolute Gasteiger partial charge is 0.331 e. The molecule has 0 aliphatic carbocycles. The van der Waals surface area contributed by atoms with Crippen LogP contribution in [0.25, 0.3) is 6.08 Å². The van der Waals surface area contributed by atoms with Crippen LogP contribution in [0.4, 0.5) is 4.39 Å². The Morgan fingerprint density at radius 3 is 2.64 bits per heavy atom. The highest BCUT2D eigenvalue weighted by molar-refractivity contribution is 9.10. The first kappa shape index (κ1) is 16.1. The summed E-state index contributed by atoms with van der Waals surface area (Å²) in [6, 6.07) is 12.8. The lowest BCUT2D eigenvalue weighted by Crippen LogP contribution is -2.12. The van der Waals surface area contributed by atoms with E-state index >= 15 is 0 Å². The van der Waals surface area contributed by atoms with Gasteiger partial charge in [-0.3, -0.25) is 4.79 Å². The molecular formula is C17H12BrFO3. The molecule has 2 rings (SSSR count). The molecule has 0 heterocycles. The maximum absolute atomic E-state index is 13.4. The molecule has 0 aliphatic rings. The van der Waals surface area contributed by atoms with E-state index in [2.05, 4.69) is 15.9 Å². The van der Waals surface area contributed by atoms with Crippen molar-refractivity contribution in [3.8, 4) is 0 Å². The van der Waals surface area contributed by atoms with Crippen LogP contribution in [-0.4, -0.2) is 18.4 Å². The molecule has 0 atom stereocenters. The van der Waals surface area contributed by atoms with Crippen molar-refractivity contribution in [2.24, 2.45) is 0 Å². The molecular weight excluding hydrogens is 351 g/mol. The van der Waals surface area contributed by atoms with E-state index in [1.165, 1.54) is 18.2 Å². The van der Waals surface area contributed by atoms with Gasteiger partial charge >= 0.3 is 5.97 Å². The molecule has 0 saturated carbocycles. The Hall–Kier alpha value is -2.27. The van der Waals surface area contributed by atoms with Crippen molar-refractivity contribution >= 4 is 33.8 Å². The summed E-state index contributed by atoms with van der Waals surface area (Å²) in [6.07, 6.45) is 2.40. The normalized spacial score (nSPS) is 10.6. The van der Waals surface area contributed by atoms with E-state index < -0.39 is 11.8 Å². The van der Waals surface area contributed by atoms with Crippen molar-refractivity contribution in [2.45, 2.75) is 0 Å². The van der Waals surface area contributed by atoms with Gasteiger partial charge in [0.05, 0.1) is 0 Å². The third-order valence-electron chi connectivity index (χ3n) is 2.80. The average molecular weight is 363 g/mol. The minimum atomic E-state index is -0.702. The van der Waals surface area contributed by atoms with Crippen molar-refractivity contribution in [3.05, 3.63) is 76.0 Å². The maximum atomic E-state index is 13.4. The molecule has 22 heavy (non-hydrogen) atoms. The molecule has 0 fully saturated rings. The summed E-state index contributed by atoms with van der Waals surface area (Å²) in [4.78, 5) is 23.4. The third kappa shape index (κ3) is 4.63. The Kier molecular flexibility index (Phi) is 5.61. The van der Waals surface area contributed by atoms with Crippen LogP contribution in [0.1, 0.15) is 15.9 Å².